The van der Waals surface area contributed by atoms with Crippen molar-refractivity contribution in [3.8, 4) is 5.75 Å². The number of hydrogen-bond acceptors (Lipinski definition) is 6. The van der Waals surface area contributed by atoms with Gasteiger partial charge in [0.15, 0.2) is 6.79 Å². The fourth-order valence-electron chi connectivity index (χ4n) is 1.28. The molecule has 1 saturated heterocycles. The van der Waals surface area contributed by atoms with Crippen molar-refractivity contribution in [1.82, 2.24) is 0 Å². The molecule has 1 atom stereocenters. The van der Waals surface area contributed by atoms with Gasteiger partial charge in [-0.25, -0.2) is 4.79 Å². The third-order valence-electron chi connectivity index (χ3n) is 2.23. The van der Waals surface area contributed by atoms with Crippen LogP contribution in [0.5, 0.6) is 5.75 Å². The number of carbonyl (C=O) groups is 1. The van der Waals surface area contributed by atoms with E-state index in [9.17, 15) is 4.79 Å². The highest BCUT2D eigenvalue weighted by atomic mass is 17.2. The largest absolute Gasteiger partial charge is 0.490 e. The summed E-state index contributed by atoms with van der Waals surface area (Å²) in [6.07, 6.45) is 0.124. The third-order valence-corrected chi connectivity index (χ3v) is 2.23. The minimum Gasteiger partial charge on any atom is -0.490 e. The van der Waals surface area contributed by atoms with Gasteiger partial charge in [0, 0.05) is 7.11 Å². The maximum Gasteiger partial charge on any atom is 0.376 e. The monoisotopic (exact) mass is 254 g/mol. The van der Waals surface area contributed by atoms with Gasteiger partial charge in [0.2, 0.25) is 0 Å². The summed E-state index contributed by atoms with van der Waals surface area (Å²) in [6.45, 7) is 0.997. The molecule has 0 radical (unpaired) electrons. The first-order valence-electron chi connectivity index (χ1n) is 5.47. The van der Waals surface area contributed by atoms with Gasteiger partial charge in [-0.3, -0.25) is 4.89 Å². The van der Waals surface area contributed by atoms with Gasteiger partial charge < -0.3 is 14.2 Å². The molecular formula is C12H14O6. The van der Waals surface area contributed by atoms with Crippen LogP contribution in [0.4, 0.5) is 0 Å². The van der Waals surface area contributed by atoms with E-state index >= 15 is 0 Å². The van der Waals surface area contributed by atoms with E-state index in [1.54, 1.807) is 24.3 Å². The van der Waals surface area contributed by atoms with E-state index < -0.39 is 5.97 Å². The molecule has 0 aromatic heterocycles. The van der Waals surface area contributed by atoms with Crippen molar-refractivity contribution in [2.75, 3.05) is 27.1 Å². The molecule has 1 fully saturated rings. The Morgan fingerprint density at radius 3 is 2.94 bits per heavy atom. The van der Waals surface area contributed by atoms with Crippen LogP contribution in [0.25, 0.3) is 0 Å². The fourth-order valence-corrected chi connectivity index (χ4v) is 1.28. The lowest BCUT2D eigenvalue weighted by Crippen LogP contribution is -2.11. The van der Waals surface area contributed by atoms with E-state index in [1.165, 1.54) is 7.11 Å². The Morgan fingerprint density at radius 1 is 1.44 bits per heavy atom. The SMILES string of the molecule is COCOOC(=O)c1ccccc1OCC1CO1. The molecule has 0 saturated carbocycles. The van der Waals surface area contributed by atoms with E-state index in [0.29, 0.717) is 24.5 Å². The van der Waals surface area contributed by atoms with Crippen LogP contribution in [0.15, 0.2) is 24.3 Å². The van der Waals surface area contributed by atoms with Crippen molar-refractivity contribution in [3.05, 3.63) is 29.8 Å². The predicted molar refractivity (Wildman–Crippen MR) is 60.1 cm³/mol. The third kappa shape index (κ3) is 3.69. The molecule has 18 heavy (non-hydrogen) atoms. The summed E-state index contributed by atoms with van der Waals surface area (Å²) >= 11 is 0. The van der Waals surface area contributed by atoms with Crippen molar-refractivity contribution < 1.29 is 28.8 Å². The van der Waals surface area contributed by atoms with E-state index in [-0.39, 0.29) is 12.9 Å². The van der Waals surface area contributed by atoms with Gasteiger partial charge >= 0.3 is 5.97 Å². The Hall–Kier alpha value is -1.63. The van der Waals surface area contributed by atoms with Crippen LogP contribution in [0.2, 0.25) is 0 Å². The number of benzene rings is 1. The number of ether oxygens (including phenoxy) is 3. The Labute approximate surface area is 104 Å². The van der Waals surface area contributed by atoms with Crippen molar-refractivity contribution in [2.24, 2.45) is 0 Å². The molecule has 1 aliphatic rings. The van der Waals surface area contributed by atoms with Gasteiger partial charge in [0.1, 0.15) is 24.0 Å². The van der Waals surface area contributed by atoms with Crippen molar-refractivity contribution in [3.63, 3.8) is 0 Å². The normalized spacial score (nSPS) is 17.3. The van der Waals surface area contributed by atoms with Crippen molar-refractivity contribution in [1.29, 1.82) is 0 Å². The number of hydrogen-bond donors (Lipinski definition) is 0. The number of methoxy groups -OCH3 is 1. The number of para-hydroxylation sites is 1. The second-order valence-electron chi connectivity index (χ2n) is 3.66. The molecule has 0 N–H and O–H groups in total. The Kier molecular flexibility index (Phi) is 4.52. The zero-order chi connectivity index (χ0) is 12.8. The summed E-state index contributed by atoms with van der Waals surface area (Å²) in [4.78, 5) is 20.8. The van der Waals surface area contributed by atoms with E-state index in [2.05, 4.69) is 14.5 Å². The fraction of sp³-hybridized carbons (Fsp3) is 0.417. The van der Waals surface area contributed by atoms with Crippen LogP contribution in [-0.4, -0.2) is 39.2 Å². The average molecular weight is 254 g/mol. The molecule has 0 bridgehead atoms. The van der Waals surface area contributed by atoms with Gasteiger partial charge in [-0.15, -0.1) is 0 Å². The molecule has 98 valence electrons. The quantitative estimate of drug-likeness (QED) is 0.239. The smallest absolute Gasteiger partial charge is 0.376 e. The van der Waals surface area contributed by atoms with Gasteiger partial charge in [0.25, 0.3) is 0 Å². The average Bonchev–Trinajstić information content (AvgIpc) is 3.21. The summed E-state index contributed by atoms with van der Waals surface area (Å²) in [5, 5.41) is 0. The lowest BCUT2D eigenvalue weighted by molar-refractivity contribution is -0.286. The number of carbonyl (C=O) groups excluding carboxylic acids is 1. The lowest BCUT2D eigenvalue weighted by Gasteiger charge is -2.09. The molecule has 1 heterocycles. The zero-order valence-corrected chi connectivity index (χ0v) is 9.96. The van der Waals surface area contributed by atoms with Crippen LogP contribution < -0.4 is 4.74 Å². The van der Waals surface area contributed by atoms with Crippen LogP contribution >= 0.6 is 0 Å². The highest BCUT2D eigenvalue weighted by Gasteiger charge is 2.24. The van der Waals surface area contributed by atoms with Crippen LogP contribution in [-0.2, 0) is 19.2 Å². The zero-order valence-electron chi connectivity index (χ0n) is 9.96. The van der Waals surface area contributed by atoms with Gasteiger partial charge in [-0.1, -0.05) is 12.1 Å². The van der Waals surface area contributed by atoms with E-state index in [0.717, 1.165) is 0 Å². The first kappa shape index (κ1) is 12.8. The molecule has 1 unspecified atom stereocenters. The van der Waals surface area contributed by atoms with E-state index in [4.69, 9.17) is 9.47 Å². The van der Waals surface area contributed by atoms with E-state index in [1.807, 2.05) is 0 Å². The topological polar surface area (TPSA) is 66.5 Å². The molecular weight excluding hydrogens is 240 g/mol. The summed E-state index contributed by atoms with van der Waals surface area (Å²) in [7, 11) is 1.43. The summed E-state index contributed by atoms with van der Waals surface area (Å²) in [6, 6.07) is 6.78. The predicted octanol–water partition coefficient (Wildman–Crippen LogP) is 1.16. The lowest BCUT2D eigenvalue weighted by atomic mass is 10.2. The van der Waals surface area contributed by atoms with Gasteiger partial charge in [-0.2, -0.15) is 4.89 Å². The first-order valence-corrected chi connectivity index (χ1v) is 5.47. The molecule has 0 amide bonds. The highest BCUT2D eigenvalue weighted by Crippen LogP contribution is 2.21. The second kappa shape index (κ2) is 6.34. The van der Waals surface area contributed by atoms with Crippen molar-refractivity contribution in [2.45, 2.75) is 6.10 Å². The summed E-state index contributed by atoms with van der Waals surface area (Å²) in [5.74, 6) is -0.182. The van der Waals surface area contributed by atoms with Gasteiger partial charge in [0.05, 0.1) is 6.61 Å². The standard InChI is InChI=1S/C12H14O6/c1-14-8-17-18-12(13)10-4-2-3-5-11(10)16-7-9-6-15-9/h2-5,9H,6-8H2,1H3. The minimum atomic E-state index is -0.626. The Balaban J connectivity index is 1.94. The molecule has 0 spiro atoms. The highest BCUT2D eigenvalue weighted by molar-refractivity contribution is 5.92. The summed E-state index contributed by atoms with van der Waals surface area (Å²) < 4.78 is 15.1. The molecule has 0 aliphatic carbocycles. The number of epoxide rings is 1. The molecule has 1 aliphatic heterocycles. The molecule has 1 aromatic rings. The Morgan fingerprint density at radius 2 is 2.22 bits per heavy atom. The molecule has 6 nitrogen and oxygen atoms in total. The Bertz CT molecular complexity index is 401. The maximum absolute atomic E-state index is 11.7. The molecule has 2 rings (SSSR count). The summed E-state index contributed by atoms with van der Waals surface area (Å²) in [5.41, 5.74) is 0.300. The molecule has 6 heteroatoms. The van der Waals surface area contributed by atoms with Gasteiger partial charge in [-0.05, 0) is 12.1 Å². The number of rotatable bonds is 7. The second-order valence-corrected chi connectivity index (χ2v) is 3.66. The first-order chi connectivity index (χ1) is 8.81. The van der Waals surface area contributed by atoms with Crippen LogP contribution in [0.1, 0.15) is 10.4 Å². The maximum atomic E-state index is 11.7. The minimum absolute atomic E-state index is 0.120. The molecule has 1 aromatic carbocycles. The van der Waals surface area contributed by atoms with Crippen molar-refractivity contribution >= 4 is 5.97 Å². The van der Waals surface area contributed by atoms with Crippen LogP contribution in [0.3, 0.4) is 0 Å². The van der Waals surface area contributed by atoms with Crippen LogP contribution in [0, 0.1) is 0 Å².